The molecule has 0 aromatic heterocycles. The SMILES string of the molecule is C=C(Cl)CNc1cc(F)c(I)cc1[N+](=O)[O-]. The fourth-order valence-electron chi connectivity index (χ4n) is 1.02. The molecular formula is C9H7ClFIN2O2. The molecule has 1 rings (SSSR count). The molecule has 4 nitrogen and oxygen atoms in total. The maximum atomic E-state index is 13.2. The minimum atomic E-state index is -0.582. The molecule has 0 aliphatic carbocycles. The second-order valence-corrected chi connectivity index (χ2v) is 4.61. The number of hydrogen-bond donors (Lipinski definition) is 1. The zero-order chi connectivity index (χ0) is 12.3. The summed E-state index contributed by atoms with van der Waals surface area (Å²) in [7, 11) is 0. The van der Waals surface area contributed by atoms with Crippen molar-refractivity contribution < 1.29 is 9.31 Å². The first kappa shape index (κ1) is 13.2. The third-order valence-electron chi connectivity index (χ3n) is 1.71. The Kier molecular flexibility index (Phi) is 4.48. The number of benzene rings is 1. The number of nitro groups is 1. The lowest BCUT2D eigenvalue weighted by Crippen LogP contribution is -2.05. The lowest BCUT2D eigenvalue weighted by molar-refractivity contribution is -0.384. The van der Waals surface area contributed by atoms with Gasteiger partial charge in [-0.2, -0.15) is 0 Å². The fraction of sp³-hybridized carbons (Fsp3) is 0.111. The van der Waals surface area contributed by atoms with Crippen LogP contribution in [-0.4, -0.2) is 11.5 Å². The number of hydrogen-bond acceptors (Lipinski definition) is 3. The molecule has 1 aromatic rings. The molecule has 7 heteroatoms. The minimum Gasteiger partial charge on any atom is -0.374 e. The fourth-order valence-corrected chi connectivity index (χ4v) is 1.54. The molecule has 0 heterocycles. The highest BCUT2D eigenvalue weighted by Gasteiger charge is 2.17. The lowest BCUT2D eigenvalue weighted by Gasteiger charge is -2.06. The Morgan fingerprint density at radius 1 is 1.69 bits per heavy atom. The zero-order valence-electron chi connectivity index (χ0n) is 7.97. The number of anilines is 1. The van der Waals surface area contributed by atoms with Crippen LogP contribution in [0.4, 0.5) is 15.8 Å². The number of rotatable bonds is 4. The Labute approximate surface area is 110 Å². The van der Waals surface area contributed by atoms with Crippen molar-refractivity contribution in [3.63, 3.8) is 0 Å². The van der Waals surface area contributed by atoms with Crippen LogP contribution in [-0.2, 0) is 0 Å². The normalized spacial score (nSPS) is 9.94. The number of nitrogens with zero attached hydrogens (tertiary/aromatic N) is 1. The summed E-state index contributed by atoms with van der Waals surface area (Å²) >= 11 is 7.20. The smallest absolute Gasteiger partial charge is 0.293 e. The van der Waals surface area contributed by atoms with E-state index in [9.17, 15) is 14.5 Å². The van der Waals surface area contributed by atoms with E-state index in [4.69, 9.17) is 11.6 Å². The summed E-state index contributed by atoms with van der Waals surface area (Å²) in [4.78, 5) is 10.1. The van der Waals surface area contributed by atoms with Crippen molar-refractivity contribution in [3.05, 3.63) is 43.2 Å². The third kappa shape index (κ3) is 3.31. The molecule has 0 amide bonds. The summed E-state index contributed by atoms with van der Waals surface area (Å²) in [5, 5.41) is 13.6. The molecule has 0 fully saturated rings. The van der Waals surface area contributed by atoms with Crippen molar-refractivity contribution in [1.82, 2.24) is 0 Å². The summed E-state index contributed by atoms with van der Waals surface area (Å²) in [6.45, 7) is 3.56. The quantitative estimate of drug-likeness (QED) is 0.510. The molecule has 0 unspecified atom stereocenters. The molecule has 16 heavy (non-hydrogen) atoms. The van der Waals surface area contributed by atoms with E-state index >= 15 is 0 Å². The number of halogens is 3. The summed E-state index contributed by atoms with van der Waals surface area (Å²) in [6, 6.07) is 2.23. The zero-order valence-corrected chi connectivity index (χ0v) is 10.9. The van der Waals surface area contributed by atoms with Gasteiger partial charge in [0.25, 0.3) is 5.69 Å². The molecule has 0 aliphatic rings. The molecule has 0 bridgehead atoms. The van der Waals surface area contributed by atoms with Crippen LogP contribution in [0.5, 0.6) is 0 Å². The lowest BCUT2D eigenvalue weighted by atomic mass is 10.2. The van der Waals surface area contributed by atoms with E-state index < -0.39 is 10.7 Å². The average Bonchev–Trinajstić information content (AvgIpc) is 2.18. The van der Waals surface area contributed by atoms with Crippen molar-refractivity contribution in [3.8, 4) is 0 Å². The van der Waals surface area contributed by atoms with Gasteiger partial charge in [-0.3, -0.25) is 10.1 Å². The predicted octanol–water partition coefficient (Wildman–Crippen LogP) is 3.50. The minimum absolute atomic E-state index is 0.0877. The molecule has 86 valence electrons. The van der Waals surface area contributed by atoms with E-state index in [0.29, 0.717) is 0 Å². The maximum Gasteiger partial charge on any atom is 0.293 e. The van der Waals surface area contributed by atoms with Crippen LogP contribution >= 0.6 is 34.2 Å². The van der Waals surface area contributed by atoms with Crippen LogP contribution in [0.1, 0.15) is 0 Å². The highest BCUT2D eigenvalue weighted by Crippen LogP contribution is 2.28. The van der Waals surface area contributed by atoms with Crippen molar-refractivity contribution in [2.24, 2.45) is 0 Å². The Morgan fingerprint density at radius 3 is 2.81 bits per heavy atom. The van der Waals surface area contributed by atoms with Crippen LogP contribution in [0.2, 0.25) is 0 Å². The summed E-state index contributed by atoms with van der Waals surface area (Å²) < 4.78 is 13.4. The number of nitro benzene ring substituents is 1. The van der Waals surface area contributed by atoms with Gasteiger partial charge in [-0.05, 0) is 22.6 Å². The predicted molar refractivity (Wildman–Crippen MR) is 69.3 cm³/mol. The van der Waals surface area contributed by atoms with Gasteiger partial charge in [-0.25, -0.2) is 4.39 Å². The van der Waals surface area contributed by atoms with Crippen molar-refractivity contribution in [2.45, 2.75) is 0 Å². The van der Waals surface area contributed by atoms with Crippen molar-refractivity contribution in [1.29, 1.82) is 0 Å². The Balaban J connectivity index is 3.09. The van der Waals surface area contributed by atoms with Gasteiger partial charge < -0.3 is 5.32 Å². The molecule has 0 saturated carbocycles. The topological polar surface area (TPSA) is 55.2 Å². The van der Waals surface area contributed by atoms with Gasteiger partial charge in [0.1, 0.15) is 11.5 Å². The van der Waals surface area contributed by atoms with Crippen LogP contribution in [0.3, 0.4) is 0 Å². The molecular weight excluding hydrogens is 349 g/mol. The molecule has 0 atom stereocenters. The molecule has 0 aliphatic heterocycles. The van der Waals surface area contributed by atoms with Crippen molar-refractivity contribution in [2.75, 3.05) is 11.9 Å². The van der Waals surface area contributed by atoms with Gasteiger partial charge in [0.15, 0.2) is 0 Å². The van der Waals surface area contributed by atoms with E-state index in [1.165, 1.54) is 0 Å². The Hall–Kier alpha value is -0.890. The first-order chi connectivity index (χ1) is 7.41. The van der Waals surface area contributed by atoms with E-state index in [-0.39, 0.29) is 26.5 Å². The third-order valence-corrected chi connectivity index (χ3v) is 2.67. The van der Waals surface area contributed by atoms with Crippen LogP contribution in [0.25, 0.3) is 0 Å². The van der Waals surface area contributed by atoms with Crippen LogP contribution < -0.4 is 5.32 Å². The highest BCUT2D eigenvalue weighted by molar-refractivity contribution is 14.1. The van der Waals surface area contributed by atoms with Gasteiger partial charge in [0.05, 0.1) is 15.0 Å². The second-order valence-electron chi connectivity index (χ2n) is 2.91. The molecule has 0 radical (unpaired) electrons. The Morgan fingerprint density at radius 2 is 2.31 bits per heavy atom. The highest BCUT2D eigenvalue weighted by atomic mass is 127. The van der Waals surface area contributed by atoms with E-state index in [1.54, 1.807) is 22.6 Å². The van der Waals surface area contributed by atoms with Crippen LogP contribution in [0, 0.1) is 19.5 Å². The first-order valence-electron chi connectivity index (χ1n) is 4.12. The van der Waals surface area contributed by atoms with Gasteiger partial charge in [-0.15, -0.1) is 0 Å². The van der Waals surface area contributed by atoms with E-state index in [2.05, 4.69) is 11.9 Å². The van der Waals surface area contributed by atoms with Gasteiger partial charge >= 0.3 is 0 Å². The average molecular weight is 357 g/mol. The maximum absolute atomic E-state index is 13.2. The van der Waals surface area contributed by atoms with Gasteiger partial charge in [-0.1, -0.05) is 18.2 Å². The largest absolute Gasteiger partial charge is 0.374 e. The second kappa shape index (κ2) is 5.44. The van der Waals surface area contributed by atoms with E-state index in [1.807, 2.05) is 0 Å². The Bertz CT molecular complexity index is 453. The molecule has 1 aromatic carbocycles. The van der Waals surface area contributed by atoms with Crippen molar-refractivity contribution >= 4 is 45.6 Å². The summed E-state index contributed by atoms with van der Waals surface area (Å²) in [5.74, 6) is -0.520. The standard InChI is InChI=1S/C9H7ClFIN2O2/c1-5(10)4-13-8-2-6(11)7(12)3-9(8)14(15)16/h2-3,13H,1,4H2. The first-order valence-corrected chi connectivity index (χ1v) is 5.58. The summed E-state index contributed by atoms with van der Waals surface area (Å²) in [5.41, 5.74) is -0.103. The van der Waals surface area contributed by atoms with E-state index in [0.717, 1.165) is 12.1 Å². The molecule has 0 saturated heterocycles. The van der Waals surface area contributed by atoms with Gasteiger partial charge in [0.2, 0.25) is 0 Å². The molecule has 1 N–H and O–H groups in total. The van der Waals surface area contributed by atoms with Gasteiger partial charge in [0, 0.05) is 17.2 Å². The monoisotopic (exact) mass is 356 g/mol. The number of nitrogens with one attached hydrogen (secondary N) is 1. The molecule has 0 spiro atoms. The van der Waals surface area contributed by atoms with Crippen LogP contribution in [0.15, 0.2) is 23.7 Å². The summed E-state index contributed by atoms with van der Waals surface area (Å²) in [6.07, 6.45) is 0.